The number of carbonyl (C=O) groups is 1. The smallest absolute Gasteiger partial charge is 0.234 e. The predicted octanol–water partition coefficient (Wildman–Crippen LogP) is 2.19. The van der Waals surface area contributed by atoms with Gasteiger partial charge in [0.15, 0.2) is 0 Å². The summed E-state index contributed by atoms with van der Waals surface area (Å²) in [6, 6.07) is 0.892. The molecule has 0 aromatic heterocycles. The molecule has 0 saturated heterocycles. The average Bonchev–Trinajstić information content (AvgIpc) is 2.49. The zero-order valence-corrected chi connectivity index (χ0v) is 13.4. The Bertz CT molecular complexity index is 359. The van der Waals surface area contributed by atoms with Gasteiger partial charge < -0.3 is 11.1 Å². The molecule has 0 aromatic carbocycles. The lowest BCUT2D eigenvalue weighted by Crippen LogP contribution is -2.43. The quantitative estimate of drug-likeness (QED) is 0.738. The minimum Gasteiger partial charge on any atom is -0.355 e. The van der Waals surface area contributed by atoms with Gasteiger partial charge in [-0.25, -0.2) is 0 Å². The molecule has 0 atom stereocenters. The molecule has 0 unspecified atom stereocenters. The molecular weight excluding hydrogens is 262 g/mol. The largest absolute Gasteiger partial charge is 0.355 e. The molecular formula is C17H31N3O. The summed E-state index contributed by atoms with van der Waals surface area (Å²) in [5.41, 5.74) is 7.46. The number of amides is 1. The highest BCUT2D eigenvalue weighted by molar-refractivity contribution is 5.78. The number of hydrogen-bond donors (Lipinski definition) is 2. The van der Waals surface area contributed by atoms with Gasteiger partial charge in [-0.05, 0) is 64.8 Å². The van der Waals surface area contributed by atoms with E-state index in [9.17, 15) is 4.79 Å². The number of carbonyl (C=O) groups excluding carboxylic acids is 1. The molecule has 0 heterocycles. The van der Waals surface area contributed by atoms with Gasteiger partial charge >= 0.3 is 0 Å². The molecule has 4 heteroatoms. The summed E-state index contributed by atoms with van der Waals surface area (Å²) in [4.78, 5) is 14.2. The fourth-order valence-electron chi connectivity index (χ4n) is 3.45. The zero-order valence-electron chi connectivity index (χ0n) is 13.4. The van der Waals surface area contributed by atoms with E-state index in [2.05, 4.69) is 23.3 Å². The van der Waals surface area contributed by atoms with E-state index >= 15 is 0 Å². The monoisotopic (exact) mass is 293 g/mol. The second-order valence-corrected chi connectivity index (χ2v) is 6.69. The maximum atomic E-state index is 12.0. The second-order valence-electron chi connectivity index (χ2n) is 6.69. The molecule has 0 radical (unpaired) electrons. The molecule has 21 heavy (non-hydrogen) atoms. The lowest BCUT2D eigenvalue weighted by Gasteiger charge is -2.33. The molecule has 4 nitrogen and oxygen atoms in total. The summed E-state index contributed by atoms with van der Waals surface area (Å²) in [6.45, 7) is 1.30. The van der Waals surface area contributed by atoms with Crippen LogP contribution < -0.4 is 11.1 Å². The molecule has 3 N–H and O–H groups in total. The zero-order chi connectivity index (χ0) is 15.1. The van der Waals surface area contributed by atoms with E-state index in [4.69, 9.17) is 5.73 Å². The summed E-state index contributed by atoms with van der Waals surface area (Å²) in [5.74, 6) is 0.156. The van der Waals surface area contributed by atoms with Gasteiger partial charge in [0.2, 0.25) is 5.91 Å². The highest BCUT2D eigenvalue weighted by Crippen LogP contribution is 2.21. The summed E-state index contributed by atoms with van der Waals surface area (Å²) < 4.78 is 0. The van der Waals surface area contributed by atoms with Crippen LogP contribution in [0, 0.1) is 0 Å². The van der Waals surface area contributed by atoms with Crippen molar-refractivity contribution in [1.82, 2.24) is 10.2 Å². The SMILES string of the molecule is CN(CC(=O)NCCC1=CCCCC1)C1CCC(N)CC1. The van der Waals surface area contributed by atoms with Crippen LogP contribution in [-0.2, 0) is 4.79 Å². The van der Waals surface area contributed by atoms with Crippen LogP contribution in [0.2, 0.25) is 0 Å². The molecule has 1 fully saturated rings. The van der Waals surface area contributed by atoms with Crippen LogP contribution in [-0.4, -0.2) is 43.0 Å². The van der Waals surface area contributed by atoms with Gasteiger partial charge in [0, 0.05) is 18.6 Å². The molecule has 2 aliphatic carbocycles. The van der Waals surface area contributed by atoms with E-state index in [-0.39, 0.29) is 5.91 Å². The molecule has 0 aromatic rings. The third kappa shape index (κ3) is 5.79. The minimum atomic E-state index is 0.156. The average molecular weight is 293 g/mol. The number of nitrogens with zero attached hydrogens (tertiary/aromatic N) is 1. The molecule has 1 amide bonds. The normalized spacial score (nSPS) is 26.5. The molecule has 1 saturated carbocycles. The van der Waals surface area contributed by atoms with Gasteiger partial charge in [-0.2, -0.15) is 0 Å². The van der Waals surface area contributed by atoms with E-state index in [1.54, 1.807) is 0 Å². The Hall–Kier alpha value is -0.870. The molecule has 120 valence electrons. The molecule has 2 rings (SSSR count). The molecule has 0 aliphatic heterocycles. The fraction of sp³-hybridized carbons (Fsp3) is 0.824. The lowest BCUT2D eigenvalue weighted by molar-refractivity contribution is -0.122. The third-order valence-corrected chi connectivity index (χ3v) is 4.91. The molecule has 2 aliphatic rings. The first-order chi connectivity index (χ1) is 10.1. The molecule has 0 spiro atoms. The number of hydrogen-bond acceptors (Lipinski definition) is 3. The van der Waals surface area contributed by atoms with E-state index < -0.39 is 0 Å². The fourth-order valence-corrected chi connectivity index (χ4v) is 3.45. The van der Waals surface area contributed by atoms with Crippen LogP contribution in [0.4, 0.5) is 0 Å². The summed E-state index contributed by atoms with van der Waals surface area (Å²) >= 11 is 0. The van der Waals surface area contributed by atoms with Gasteiger partial charge in [-0.3, -0.25) is 9.69 Å². The Labute approximate surface area is 129 Å². The Morgan fingerprint density at radius 3 is 2.76 bits per heavy atom. The Kier molecular flexibility index (Phi) is 6.71. The van der Waals surface area contributed by atoms with Crippen LogP contribution in [0.15, 0.2) is 11.6 Å². The van der Waals surface area contributed by atoms with E-state index in [0.717, 1.165) is 38.6 Å². The third-order valence-electron chi connectivity index (χ3n) is 4.91. The standard InChI is InChI=1S/C17H31N3O/c1-20(16-9-7-15(18)8-10-16)13-17(21)19-12-11-14-5-3-2-4-6-14/h5,15-16H,2-4,6-13,18H2,1H3,(H,19,21). The van der Waals surface area contributed by atoms with Gasteiger partial charge in [0.05, 0.1) is 6.54 Å². The highest BCUT2D eigenvalue weighted by Gasteiger charge is 2.23. The van der Waals surface area contributed by atoms with Crippen molar-refractivity contribution in [3.8, 4) is 0 Å². The first kappa shape index (κ1) is 16.5. The number of nitrogens with one attached hydrogen (secondary N) is 1. The van der Waals surface area contributed by atoms with Crippen LogP contribution >= 0.6 is 0 Å². The number of rotatable bonds is 6. The van der Waals surface area contributed by atoms with E-state index in [1.165, 1.54) is 31.3 Å². The predicted molar refractivity (Wildman–Crippen MR) is 87.0 cm³/mol. The van der Waals surface area contributed by atoms with Crippen LogP contribution in [0.1, 0.15) is 57.8 Å². The van der Waals surface area contributed by atoms with Crippen LogP contribution in [0.25, 0.3) is 0 Å². The van der Waals surface area contributed by atoms with Crippen LogP contribution in [0.5, 0.6) is 0 Å². The number of nitrogens with two attached hydrogens (primary N) is 1. The van der Waals surface area contributed by atoms with Crippen molar-refractivity contribution in [1.29, 1.82) is 0 Å². The van der Waals surface area contributed by atoms with Crippen molar-refractivity contribution in [2.75, 3.05) is 20.1 Å². The number of likely N-dealkylation sites (N-methyl/N-ethyl adjacent to an activating group) is 1. The number of allylic oxidation sites excluding steroid dienone is 1. The first-order valence-corrected chi connectivity index (χ1v) is 8.55. The maximum absolute atomic E-state index is 12.0. The lowest BCUT2D eigenvalue weighted by atomic mass is 9.91. The minimum absolute atomic E-state index is 0.156. The van der Waals surface area contributed by atoms with Gasteiger partial charge in [0.25, 0.3) is 0 Å². The van der Waals surface area contributed by atoms with Crippen molar-refractivity contribution >= 4 is 5.91 Å². The first-order valence-electron chi connectivity index (χ1n) is 8.55. The van der Waals surface area contributed by atoms with Gasteiger partial charge in [-0.1, -0.05) is 11.6 Å². The topological polar surface area (TPSA) is 58.4 Å². The Morgan fingerprint density at radius 2 is 2.10 bits per heavy atom. The van der Waals surface area contributed by atoms with Gasteiger partial charge in [-0.15, -0.1) is 0 Å². The second kappa shape index (κ2) is 8.54. The highest BCUT2D eigenvalue weighted by atomic mass is 16.2. The molecule has 0 bridgehead atoms. The van der Waals surface area contributed by atoms with E-state index in [1.807, 2.05) is 0 Å². The Balaban J connectivity index is 1.61. The van der Waals surface area contributed by atoms with Crippen molar-refractivity contribution in [3.63, 3.8) is 0 Å². The summed E-state index contributed by atoms with van der Waals surface area (Å²) in [6.07, 6.45) is 12.9. The maximum Gasteiger partial charge on any atom is 0.234 e. The van der Waals surface area contributed by atoms with Gasteiger partial charge in [0.1, 0.15) is 0 Å². The van der Waals surface area contributed by atoms with Crippen molar-refractivity contribution in [3.05, 3.63) is 11.6 Å². The Morgan fingerprint density at radius 1 is 1.33 bits per heavy atom. The van der Waals surface area contributed by atoms with Crippen molar-refractivity contribution < 1.29 is 4.79 Å². The summed E-state index contributed by atoms with van der Waals surface area (Å²) in [5, 5.41) is 3.06. The van der Waals surface area contributed by atoms with Crippen LogP contribution in [0.3, 0.4) is 0 Å². The summed E-state index contributed by atoms with van der Waals surface area (Å²) in [7, 11) is 2.06. The van der Waals surface area contributed by atoms with E-state index in [0.29, 0.717) is 18.6 Å². The van der Waals surface area contributed by atoms with Crippen molar-refractivity contribution in [2.45, 2.75) is 69.9 Å². The van der Waals surface area contributed by atoms with Crippen molar-refractivity contribution in [2.24, 2.45) is 5.73 Å².